The van der Waals surface area contributed by atoms with Gasteiger partial charge >= 0.3 is 0 Å². The lowest BCUT2D eigenvalue weighted by atomic mass is 10.1. The van der Waals surface area contributed by atoms with Gasteiger partial charge in [-0.15, -0.1) is 0 Å². The second-order valence-electron chi connectivity index (χ2n) is 4.93. The van der Waals surface area contributed by atoms with Crippen LogP contribution in [0.1, 0.15) is 11.3 Å². The van der Waals surface area contributed by atoms with Crippen molar-refractivity contribution in [2.75, 3.05) is 0 Å². The van der Waals surface area contributed by atoms with E-state index >= 15 is 0 Å². The number of nitro benzene ring substituents is 1. The summed E-state index contributed by atoms with van der Waals surface area (Å²) in [6.07, 6.45) is 1.51. The third-order valence-electron chi connectivity index (χ3n) is 3.32. The average Bonchev–Trinajstić information content (AvgIpc) is 3.06. The second kappa shape index (κ2) is 5.65. The summed E-state index contributed by atoms with van der Waals surface area (Å²) in [5, 5.41) is 16.4. The van der Waals surface area contributed by atoms with Crippen LogP contribution >= 0.6 is 12.2 Å². The zero-order valence-electron chi connectivity index (χ0n) is 12.0. The van der Waals surface area contributed by atoms with Crippen molar-refractivity contribution >= 4 is 35.0 Å². The molecule has 7 nitrogen and oxygen atoms in total. The van der Waals surface area contributed by atoms with Crippen molar-refractivity contribution in [3.8, 4) is 11.3 Å². The molecule has 3 rings (SSSR count). The minimum absolute atomic E-state index is 0.0287. The van der Waals surface area contributed by atoms with Crippen molar-refractivity contribution in [1.82, 2.24) is 10.6 Å². The Bertz CT molecular complexity index is 869. The number of nitrogens with one attached hydrogen (secondary N) is 2. The predicted octanol–water partition coefficient (Wildman–Crippen LogP) is 2.51. The van der Waals surface area contributed by atoms with Crippen molar-refractivity contribution in [2.24, 2.45) is 0 Å². The SMILES string of the molecule is Cc1ccc(-c2ccc(C=C3NC(=S)NC3=O)o2)cc1[N+](=O)[O-]. The molecule has 0 spiro atoms. The van der Waals surface area contributed by atoms with E-state index in [1.165, 1.54) is 12.1 Å². The molecule has 0 bridgehead atoms. The Balaban J connectivity index is 1.92. The summed E-state index contributed by atoms with van der Waals surface area (Å²) in [5.41, 5.74) is 1.48. The summed E-state index contributed by atoms with van der Waals surface area (Å²) >= 11 is 4.84. The van der Waals surface area contributed by atoms with E-state index in [2.05, 4.69) is 10.6 Å². The van der Waals surface area contributed by atoms with Crippen molar-refractivity contribution in [1.29, 1.82) is 0 Å². The van der Waals surface area contributed by atoms with Crippen LogP contribution in [-0.2, 0) is 4.79 Å². The van der Waals surface area contributed by atoms with E-state index in [1.807, 2.05) is 0 Å². The number of rotatable bonds is 3. The lowest BCUT2D eigenvalue weighted by molar-refractivity contribution is -0.385. The van der Waals surface area contributed by atoms with Crippen LogP contribution in [0.25, 0.3) is 17.4 Å². The van der Waals surface area contributed by atoms with Gasteiger partial charge in [0, 0.05) is 23.3 Å². The number of furan rings is 1. The first-order chi connectivity index (χ1) is 10.9. The topological polar surface area (TPSA) is 97.4 Å². The third-order valence-corrected chi connectivity index (χ3v) is 3.53. The van der Waals surface area contributed by atoms with Crippen molar-refractivity contribution in [3.05, 3.63) is 57.5 Å². The molecule has 1 aromatic heterocycles. The van der Waals surface area contributed by atoms with Crippen molar-refractivity contribution in [2.45, 2.75) is 6.92 Å². The van der Waals surface area contributed by atoms with Gasteiger partial charge in [0.15, 0.2) is 5.11 Å². The van der Waals surface area contributed by atoms with Gasteiger partial charge in [-0.3, -0.25) is 20.2 Å². The van der Waals surface area contributed by atoms with Crippen molar-refractivity contribution in [3.63, 3.8) is 0 Å². The van der Waals surface area contributed by atoms with Crippen LogP contribution in [0.3, 0.4) is 0 Å². The fourth-order valence-electron chi connectivity index (χ4n) is 2.17. The molecule has 1 aromatic carbocycles. The number of carbonyl (C=O) groups excluding carboxylic acids is 1. The number of nitrogens with zero attached hydrogens (tertiary/aromatic N) is 1. The fraction of sp³-hybridized carbons (Fsp3) is 0.0667. The summed E-state index contributed by atoms with van der Waals surface area (Å²) in [7, 11) is 0. The molecule has 1 aliphatic rings. The standard InChI is InChI=1S/C15H11N3O4S/c1-8-2-3-9(6-12(8)18(20)21)13-5-4-10(22-13)7-11-14(19)17-15(23)16-11/h2-7H,1H3,(H2,16,17,19,23). The number of aryl methyl sites for hydroxylation is 1. The van der Waals surface area contributed by atoms with E-state index in [1.54, 1.807) is 31.2 Å². The van der Waals surface area contributed by atoms with Gasteiger partial charge in [-0.1, -0.05) is 12.1 Å². The predicted molar refractivity (Wildman–Crippen MR) is 87.4 cm³/mol. The molecule has 2 N–H and O–H groups in total. The number of thiocarbonyl (C=S) groups is 1. The van der Waals surface area contributed by atoms with Crippen molar-refractivity contribution < 1.29 is 14.1 Å². The summed E-state index contributed by atoms with van der Waals surface area (Å²) in [6, 6.07) is 8.23. The second-order valence-corrected chi connectivity index (χ2v) is 5.33. The monoisotopic (exact) mass is 329 g/mol. The van der Waals surface area contributed by atoms with Crippen LogP contribution in [0.4, 0.5) is 5.69 Å². The van der Waals surface area contributed by atoms with Crippen LogP contribution < -0.4 is 10.6 Å². The molecule has 2 aromatic rings. The Labute approximate surface area is 136 Å². The van der Waals surface area contributed by atoms with E-state index in [0.717, 1.165) is 0 Å². The van der Waals surface area contributed by atoms with E-state index in [9.17, 15) is 14.9 Å². The maximum atomic E-state index is 11.6. The fourth-order valence-corrected chi connectivity index (χ4v) is 2.37. The average molecular weight is 329 g/mol. The highest BCUT2D eigenvalue weighted by Gasteiger charge is 2.20. The van der Waals surface area contributed by atoms with Gasteiger partial charge in [-0.2, -0.15) is 0 Å². The summed E-state index contributed by atoms with van der Waals surface area (Å²) in [5.74, 6) is 0.574. The third kappa shape index (κ3) is 2.97. The molecule has 1 saturated heterocycles. The number of hydrogen-bond donors (Lipinski definition) is 2. The summed E-state index contributed by atoms with van der Waals surface area (Å²) in [6.45, 7) is 1.67. The molecule has 0 radical (unpaired) electrons. The lowest BCUT2D eigenvalue weighted by Gasteiger charge is -2.00. The zero-order valence-corrected chi connectivity index (χ0v) is 12.8. The quantitative estimate of drug-likeness (QED) is 0.389. The van der Waals surface area contributed by atoms with E-state index in [0.29, 0.717) is 22.6 Å². The zero-order chi connectivity index (χ0) is 16.6. The molecule has 1 fully saturated rings. The van der Waals surface area contributed by atoms with Crippen LogP contribution in [0.2, 0.25) is 0 Å². The van der Waals surface area contributed by atoms with Gasteiger partial charge in [0.25, 0.3) is 11.6 Å². The number of benzene rings is 1. The van der Waals surface area contributed by atoms with Crippen LogP contribution in [-0.4, -0.2) is 15.9 Å². The molecule has 116 valence electrons. The molecular weight excluding hydrogens is 318 g/mol. The van der Waals surface area contributed by atoms with Gasteiger partial charge < -0.3 is 9.73 Å². The van der Waals surface area contributed by atoms with Crippen LogP contribution in [0, 0.1) is 17.0 Å². The van der Waals surface area contributed by atoms with E-state index in [4.69, 9.17) is 16.6 Å². The van der Waals surface area contributed by atoms with Gasteiger partial charge in [0.1, 0.15) is 17.2 Å². The molecule has 8 heteroatoms. The highest BCUT2D eigenvalue weighted by molar-refractivity contribution is 7.80. The van der Waals surface area contributed by atoms with Gasteiger partial charge in [0.05, 0.1) is 4.92 Å². The summed E-state index contributed by atoms with van der Waals surface area (Å²) in [4.78, 5) is 22.2. The Hall–Kier alpha value is -3.00. The molecule has 1 aliphatic heterocycles. The smallest absolute Gasteiger partial charge is 0.274 e. The van der Waals surface area contributed by atoms with Gasteiger partial charge in [-0.25, -0.2) is 0 Å². The molecule has 23 heavy (non-hydrogen) atoms. The minimum atomic E-state index is -0.432. The first-order valence-electron chi connectivity index (χ1n) is 6.63. The molecule has 1 amide bonds. The first-order valence-corrected chi connectivity index (χ1v) is 7.04. The Morgan fingerprint density at radius 2 is 2.04 bits per heavy atom. The van der Waals surface area contributed by atoms with Crippen LogP contribution in [0.15, 0.2) is 40.4 Å². The lowest BCUT2D eigenvalue weighted by Crippen LogP contribution is -2.21. The molecule has 0 unspecified atom stereocenters. The molecule has 2 heterocycles. The Morgan fingerprint density at radius 3 is 2.70 bits per heavy atom. The van der Waals surface area contributed by atoms with Crippen LogP contribution in [0.5, 0.6) is 0 Å². The number of carbonyl (C=O) groups is 1. The largest absolute Gasteiger partial charge is 0.457 e. The molecular formula is C15H11N3O4S. The first kappa shape index (κ1) is 14.9. The molecule has 0 aliphatic carbocycles. The highest BCUT2D eigenvalue weighted by atomic mass is 32.1. The van der Waals surface area contributed by atoms with E-state index in [-0.39, 0.29) is 22.4 Å². The molecule has 0 atom stereocenters. The maximum absolute atomic E-state index is 11.6. The highest BCUT2D eigenvalue weighted by Crippen LogP contribution is 2.28. The van der Waals surface area contributed by atoms with E-state index < -0.39 is 4.92 Å². The normalized spacial score (nSPS) is 15.6. The Morgan fingerprint density at radius 1 is 1.26 bits per heavy atom. The minimum Gasteiger partial charge on any atom is -0.457 e. The maximum Gasteiger partial charge on any atom is 0.274 e. The number of nitro groups is 1. The summed E-state index contributed by atoms with van der Waals surface area (Å²) < 4.78 is 5.63. The van der Waals surface area contributed by atoms with Gasteiger partial charge in [-0.05, 0) is 31.3 Å². The number of hydrogen-bond acceptors (Lipinski definition) is 5. The van der Waals surface area contributed by atoms with Gasteiger partial charge in [0.2, 0.25) is 0 Å². The number of amides is 1. The Kier molecular flexibility index (Phi) is 3.67. The molecule has 0 saturated carbocycles.